The van der Waals surface area contributed by atoms with Gasteiger partial charge in [0.1, 0.15) is 11.9 Å². The molecule has 1 unspecified atom stereocenters. The highest BCUT2D eigenvalue weighted by Crippen LogP contribution is 2.37. The largest absolute Gasteiger partial charge is 0.352 e. The maximum absolute atomic E-state index is 13.4. The number of carbonyl (C=O) groups excluding carboxylic acids is 2. The van der Waals surface area contributed by atoms with Gasteiger partial charge in [-0.1, -0.05) is 42.5 Å². The molecule has 0 spiro atoms. The first-order valence-electron chi connectivity index (χ1n) is 9.27. The number of nitrogens with one attached hydrogen (secondary N) is 2. The summed E-state index contributed by atoms with van der Waals surface area (Å²) in [5.74, 6) is -0.126. The van der Waals surface area contributed by atoms with Crippen molar-refractivity contribution >= 4 is 11.9 Å². The van der Waals surface area contributed by atoms with Gasteiger partial charge in [0.25, 0.3) is 0 Å². The van der Waals surface area contributed by atoms with E-state index in [1.807, 2.05) is 36.4 Å². The maximum atomic E-state index is 13.4. The van der Waals surface area contributed by atoms with Crippen molar-refractivity contribution in [2.45, 2.75) is 30.8 Å². The highest BCUT2D eigenvalue weighted by Gasteiger charge is 2.37. The second-order valence-electron chi connectivity index (χ2n) is 7.17. The van der Waals surface area contributed by atoms with Gasteiger partial charge in [-0.05, 0) is 42.0 Å². The number of halogens is 1. The highest BCUT2D eigenvalue weighted by atomic mass is 19.1. The van der Waals surface area contributed by atoms with Gasteiger partial charge < -0.3 is 15.5 Å². The van der Waals surface area contributed by atoms with Crippen molar-refractivity contribution < 1.29 is 14.0 Å². The number of piperazine rings is 1. The van der Waals surface area contributed by atoms with Gasteiger partial charge >= 0.3 is 6.03 Å². The molecule has 0 radical (unpaired) electrons. The van der Waals surface area contributed by atoms with E-state index in [2.05, 4.69) is 10.6 Å². The first-order valence-corrected chi connectivity index (χ1v) is 9.27. The van der Waals surface area contributed by atoms with Crippen LogP contribution in [0.5, 0.6) is 0 Å². The predicted molar refractivity (Wildman–Crippen MR) is 99.6 cm³/mol. The third kappa shape index (κ3) is 3.65. The molecule has 0 bridgehead atoms. The van der Waals surface area contributed by atoms with Crippen LogP contribution in [0.2, 0.25) is 0 Å². The molecule has 140 valence electrons. The maximum Gasteiger partial charge on any atom is 0.318 e. The van der Waals surface area contributed by atoms with Crippen LogP contribution in [-0.4, -0.2) is 36.0 Å². The lowest BCUT2D eigenvalue weighted by Gasteiger charge is -2.40. The van der Waals surface area contributed by atoms with Crippen LogP contribution < -0.4 is 10.6 Å². The fourth-order valence-electron chi connectivity index (χ4n) is 3.88. The molecule has 2 aliphatic rings. The molecule has 1 heterocycles. The Labute approximate surface area is 157 Å². The molecule has 4 rings (SSSR count). The quantitative estimate of drug-likeness (QED) is 0.876. The second kappa shape index (κ2) is 7.39. The summed E-state index contributed by atoms with van der Waals surface area (Å²) in [6.07, 6.45) is 1.57. The molecule has 2 aromatic carbocycles. The molecule has 1 aliphatic carbocycles. The summed E-state index contributed by atoms with van der Waals surface area (Å²) in [6, 6.07) is 15.2. The summed E-state index contributed by atoms with van der Waals surface area (Å²) in [5.41, 5.74) is 1.77. The number of amides is 3. The van der Waals surface area contributed by atoms with Crippen molar-refractivity contribution in [2.24, 2.45) is 0 Å². The van der Waals surface area contributed by atoms with Crippen molar-refractivity contribution in [3.8, 4) is 0 Å². The molecule has 2 fully saturated rings. The Hall–Kier alpha value is -2.89. The van der Waals surface area contributed by atoms with Crippen molar-refractivity contribution in [1.29, 1.82) is 0 Å². The second-order valence-corrected chi connectivity index (χ2v) is 7.17. The molecule has 0 aromatic heterocycles. The normalized spacial score (nSPS) is 24.7. The minimum atomic E-state index is -0.612. The topological polar surface area (TPSA) is 61.4 Å². The van der Waals surface area contributed by atoms with Crippen LogP contribution in [-0.2, 0) is 4.79 Å². The van der Waals surface area contributed by atoms with Gasteiger partial charge in [-0.15, -0.1) is 0 Å². The fourth-order valence-corrected chi connectivity index (χ4v) is 3.88. The Bertz CT molecular complexity index is 836. The van der Waals surface area contributed by atoms with E-state index >= 15 is 0 Å². The molecule has 1 saturated carbocycles. The average molecular weight is 367 g/mol. The van der Waals surface area contributed by atoms with E-state index in [1.54, 1.807) is 17.0 Å². The Morgan fingerprint density at radius 1 is 1.07 bits per heavy atom. The standard InChI is InChI=1S/C21H22FN3O2/c22-17-8-4-7-15(11-17)16-12-18(13-16)24-21(27)25-10-9-23-20(26)19(25)14-5-2-1-3-6-14/h1-8,11,16,18-19H,9-10,12-13H2,(H,23,26)(H,24,27). The van der Waals surface area contributed by atoms with Gasteiger partial charge in [0.2, 0.25) is 5.91 Å². The van der Waals surface area contributed by atoms with Gasteiger partial charge in [-0.25, -0.2) is 9.18 Å². The van der Waals surface area contributed by atoms with E-state index in [-0.39, 0.29) is 29.7 Å². The first kappa shape index (κ1) is 17.5. The predicted octanol–water partition coefficient (Wildman–Crippen LogP) is 2.95. The first-order chi connectivity index (χ1) is 13.1. The monoisotopic (exact) mass is 367 g/mol. The molecular weight excluding hydrogens is 345 g/mol. The van der Waals surface area contributed by atoms with Crippen LogP contribution >= 0.6 is 0 Å². The average Bonchev–Trinajstić information content (AvgIpc) is 2.64. The smallest absolute Gasteiger partial charge is 0.318 e. The lowest BCUT2D eigenvalue weighted by molar-refractivity contribution is -0.127. The summed E-state index contributed by atoms with van der Waals surface area (Å²) in [5, 5.41) is 5.87. The lowest BCUT2D eigenvalue weighted by atomic mass is 9.76. The number of benzene rings is 2. The number of urea groups is 1. The number of rotatable bonds is 3. The molecule has 1 aliphatic heterocycles. The van der Waals surface area contributed by atoms with Crippen LogP contribution in [0.25, 0.3) is 0 Å². The van der Waals surface area contributed by atoms with E-state index in [0.717, 1.165) is 24.0 Å². The lowest BCUT2D eigenvalue weighted by Crippen LogP contribution is -2.57. The van der Waals surface area contributed by atoms with Crippen molar-refractivity contribution in [2.75, 3.05) is 13.1 Å². The van der Waals surface area contributed by atoms with Gasteiger partial charge in [0.15, 0.2) is 0 Å². The van der Waals surface area contributed by atoms with E-state index in [0.29, 0.717) is 13.1 Å². The number of carbonyl (C=O) groups is 2. The Kier molecular flexibility index (Phi) is 4.79. The summed E-state index contributed by atoms with van der Waals surface area (Å²) < 4.78 is 13.4. The summed E-state index contributed by atoms with van der Waals surface area (Å²) in [6.45, 7) is 0.920. The molecule has 27 heavy (non-hydrogen) atoms. The minimum Gasteiger partial charge on any atom is -0.352 e. The van der Waals surface area contributed by atoms with Crippen LogP contribution in [0.1, 0.15) is 35.9 Å². The van der Waals surface area contributed by atoms with E-state index in [4.69, 9.17) is 0 Å². The summed E-state index contributed by atoms with van der Waals surface area (Å²) in [7, 11) is 0. The summed E-state index contributed by atoms with van der Waals surface area (Å²) >= 11 is 0. The Balaban J connectivity index is 1.40. The van der Waals surface area contributed by atoms with E-state index in [1.165, 1.54) is 6.07 Å². The van der Waals surface area contributed by atoms with Gasteiger partial charge in [0.05, 0.1) is 0 Å². The van der Waals surface area contributed by atoms with Crippen LogP contribution in [0.4, 0.5) is 9.18 Å². The van der Waals surface area contributed by atoms with Crippen LogP contribution in [0.3, 0.4) is 0 Å². The van der Waals surface area contributed by atoms with Gasteiger partial charge in [-0.3, -0.25) is 4.79 Å². The fraction of sp³-hybridized carbons (Fsp3) is 0.333. The van der Waals surface area contributed by atoms with Crippen molar-refractivity contribution in [3.05, 3.63) is 71.5 Å². The zero-order valence-electron chi connectivity index (χ0n) is 14.9. The zero-order chi connectivity index (χ0) is 18.8. The molecule has 2 N–H and O–H groups in total. The van der Waals surface area contributed by atoms with Gasteiger partial charge in [-0.2, -0.15) is 0 Å². The SMILES string of the molecule is O=C1NCCN(C(=O)NC2CC(c3cccc(F)c3)C2)C1c1ccccc1. The zero-order valence-corrected chi connectivity index (χ0v) is 14.9. The molecular formula is C21H22FN3O2. The molecule has 1 atom stereocenters. The molecule has 1 saturated heterocycles. The third-order valence-electron chi connectivity index (χ3n) is 5.37. The van der Waals surface area contributed by atoms with Crippen LogP contribution in [0.15, 0.2) is 54.6 Å². The number of hydrogen-bond donors (Lipinski definition) is 2. The van der Waals surface area contributed by atoms with Gasteiger partial charge in [0, 0.05) is 19.1 Å². The molecule has 3 amide bonds. The van der Waals surface area contributed by atoms with Crippen LogP contribution in [0, 0.1) is 5.82 Å². The third-order valence-corrected chi connectivity index (χ3v) is 5.37. The van der Waals surface area contributed by atoms with Crippen molar-refractivity contribution in [1.82, 2.24) is 15.5 Å². The molecule has 6 heteroatoms. The summed E-state index contributed by atoms with van der Waals surface area (Å²) in [4.78, 5) is 26.8. The van der Waals surface area contributed by atoms with Crippen molar-refractivity contribution in [3.63, 3.8) is 0 Å². The highest BCUT2D eigenvalue weighted by molar-refractivity contribution is 5.89. The van der Waals surface area contributed by atoms with E-state index in [9.17, 15) is 14.0 Å². The molecule has 5 nitrogen and oxygen atoms in total. The minimum absolute atomic E-state index is 0.0483. The number of hydrogen-bond acceptors (Lipinski definition) is 2. The Morgan fingerprint density at radius 2 is 1.81 bits per heavy atom. The molecule has 2 aromatic rings. The number of nitrogens with zero attached hydrogens (tertiary/aromatic N) is 1. The van der Waals surface area contributed by atoms with E-state index < -0.39 is 6.04 Å². The Morgan fingerprint density at radius 3 is 2.56 bits per heavy atom.